The molecule has 0 bridgehead atoms. The van der Waals surface area contributed by atoms with Crippen LogP contribution in [0.15, 0.2) is 40.2 Å². The summed E-state index contributed by atoms with van der Waals surface area (Å²) in [6, 6.07) is 10.6. The van der Waals surface area contributed by atoms with Crippen LogP contribution in [0.5, 0.6) is 0 Å². The lowest BCUT2D eigenvalue weighted by Gasteiger charge is -2.03. The smallest absolute Gasteiger partial charge is 0.335 e. The topological polar surface area (TPSA) is 49.3 Å². The quantitative estimate of drug-likeness (QED) is 0.902. The van der Waals surface area contributed by atoms with Crippen LogP contribution in [0, 0.1) is 0 Å². The Bertz CT molecular complexity index is 507. The number of halogens is 1. The molecule has 0 saturated heterocycles. The molecule has 16 heavy (non-hydrogen) atoms. The summed E-state index contributed by atoms with van der Waals surface area (Å²) in [5.41, 5.74) is 1.16. The van der Waals surface area contributed by atoms with Crippen molar-refractivity contribution in [1.29, 1.82) is 0 Å². The molecule has 0 aliphatic heterocycles. The number of hydrogen-bond donors (Lipinski definition) is 2. The third kappa shape index (κ3) is 2.62. The minimum atomic E-state index is -0.912. The van der Waals surface area contributed by atoms with E-state index in [1.165, 1.54) is 0 Å². The van der Waals surface area contributed by atoms with Crippen molar-refractivity contribution in [3.05, 3.63) is 45.7 Å². The number of benzene rings is 1. The molecular weight excluding hydrogens is 290 g/mol. The minimum Gasteiger partial charge on any atom is -0.478 e. The van der Waals surface area contributed by atoms with Gasteiger partial charge in [0.05, 0.1) is 14.4 Å². The van der Waals surface area contributed by atoms with Crippen LogP contribution >= 0.6 is 27.3 Å². The maximum absolute atomic E-state index is 10.6. The largest absolute Gasteiger partial charge is 0.478 e. The maximum atomic E-state index is 10.6. The molecule has 2 N–H and O–H groups in total. The Hall–Kier alpha value is -1.33. The van der Waals surface area contributed by atoms with Crippen molar-refractivity contribution in [2.75, 3.05) is 5.32 Å². The number of nitrogens with one attached hydrogen (secondary N) is 1. The molecule has 82 valence electrons. The number of aromatic carboxylic acids is 1. The Morgan fingerprint density at radius 3 is 2.38 bits per heavy atom. The van der Waals surface area contributed by atoms with Crippen LogP contribution in [-0.4, -0.2) is 11.1 Å². The molecular formula is C11H8BrNO2S. The lowest BCUT2D eigenvalue weighted by atomic mass is 10.2. The first kappa shape index (κ1) is 11.2. The molecule has 2 aromatic rings. The first-order valence-corrected chi connectivity index (χ1v) is 6.12. The summed E-state index contributed by atoms with van der Waals surface area (Å²) in [5.74, 6) is -0.912. The molecule has 0 fully saturated rings. The second-order valence-electron chi connectivity index (χ2n) is 3.11. The summed E-state index contributed by atoms with van der Waals surface area (Å²) in [7, 11) is 0. The van der Waals surface area contributed by atoms with Gasteiger partial charge < -0.3 is 10.4 Å². The second kappa shape index (κ2) is 4.67. The second-order valence-corrected chi connectivity index (χ2v) is 5.57. The minimum absolute atomic E-state index is 0.290. The van der Waals surface area contributed by atoms with Crippen LogP contribution in [0.25, 0.3) is 0 Å². The lowest BCUT2D eigenvalue weighted by molar-refractivity contribution is 0.0697. The predicted molar refractivity (Wildman–Crippen MR) is 68.7 cm³/mol. The molecule has 0 aliphatic carbocycles. The molecule has 2 rings (SSSR count). The fraction of sp³-hybridized carbons (Fsp3) is 0. The Balaban J connectivity index is 2.14. The highest BCUT2D eigenvalue weighted by Gasteiger charge is 2.02. The summed E-state index contributed by atoms with van der Waals surface area (Å²) in [4.78, 5) is 10.6. The Labute approximate surface area is 105 Å². The van der Waals surface area contributed by atoms with E-state index >= 15 is 0 Å². The van der Waals surface area contributed by atoms with Crippen LogP contribution in [0.4, 0.5) is 10.7 Å². The van der Waals surface area contributed by atoms with E-state index in [1.807, 2.05) is 12.1 Å². The van der Waals surface area contributed by atoms with Gasteiger partial charge in [0.25, 0.3) is 0 Å². The zero-order valence-corrected chi connectivity index (χ0v) is 10.5. The molecule has 0 unspecified atom stereocenters. The van der Waals surface area contributed by atoms with Crippen molar-refractivity contribution in [2.24, 2.45) is 0 Å². The number of anilines is 2. The average Bonchev–Trinajstić information content (AvgIpc) is 2.65. The number of hydrogen-bond acceptors (Lipinski definition) is 3. The number of carbonyl (C=O) groups is 1. The highest BCUT2D eigenvalue weighted by molar-refractivity contribution is 9.11. The summed E-state index contributed by atoms with van der Waals surface area (Å²) in [6.45, 7) is 0. The molecule has 5 heteroatoms. The van der Waals surface area contributed by atoms with Gasteiger partial charge in [-0.05, 0) is 52.3 Å². The SMILES string of the molecule is O=C(O)c1ccc(Nc2ccc(Br)s2)cc1. The van der Waals surface area contributed by atoms with E-state index in [1.54, 1.807) is 35.6 Å². The van der Waals surface area contributed by atoms with Gasteiger partial charge in [-0.1, -0.05) is 0 Å². The van der Waals surface area contributed by atoms with Crippen LogP contribution in [0.3, 0.4) is 0 Å². The normalized spacial score (nSPS) is 10.1. The summed E-state index contributed by atoms with van der Waals surface area (Å²) in [5, 5.41) is 12.9. The van der Waals surface area contributed by atoms with Crippen molar-refractivity contribution in [2.45, 2.75) is 0 Å². The molecule has 0 atom stereocenters. The number of rotatable bonds is 3. The number of carboxylic acid groups (broad SMARTS) is 1. The van der Waals surface area contributed by atoms with E-state index in [-0.39, 0.29) is 5.56 Å². The summed E-state index contributed by atoms with van der Waals surface area (Å²) in [6.07, 6.45) is 0. The zero-order chi connectivity index (χ0) is 11.5. The van der Waals surface area contributed by atoms with E-state index in [2.05, 4.69) is 21.2 Å². The van der Waals surface area contributed by atoms with E-state index in [4.69, 9.17) is 5.11 Å². The fourth-order valence-corrected chi connectivity index (χ4v) is 2.53. The molecule has 0 saturated carbocycles. The standard InChI is InChI=1S/C11H8BrNO2S/c12-9-5-6-10(16-9)13-8-3-1-7(2-4-8)11(14)15/h1-6,13H,(H,14,15). The van der Waals surface area contributed by atoms with Gasteiger partial charge in [-0.3, -0.25) is 0 Å². The highest BCUT2D eigenvalue weighted by Crippen LogP contribution is 2.29. The molecule has 0 spiro atoms. The average molecular weight is 298 g/mol. The molecule has 1 aromatic carbocycles. The van der Waals surface area contributed by atoms with Crippen LogP contribution in [-0.2, 0) is 0 Å². The van der Waals surface area contributed by atoms with Gasteiger partial charge in [0.15, 0.2) is 0 Å². The predicted octanol–water partition coefficient (Wildman–Crippen LogP) is 3.95. The molecule has 0 radical (unpaired) electrons. The van der Waals surface area contributed by atoms with Crippen molar-refractivity contribution >= 4 is 43.9 Å². The monoisotopic (exact) mass is 297 g/mol. The van der Waals surface area contributed by atoms with Gasteiger partial charge in [-0.15, -0.1) is 11.3 Å². The van der Waals surface area contributed by atoms with Crippen molar-refractivity contribution in [3.8, 4) is 0 Å². The van der Waals surface area contributed by atoms with Crippen LogP contribution < -0.4 is 5.32 Å². The Kier molecular flexibility index (Phi) is 3.26. The zero-order valence-electron chi connectivity index (χ0n) is 8.11. The van der Waals surface area contributed by atoms with Crippen molar-refractivity contribution in [3.63, 3.8) is 0 Å². The summed E-state index contributed by atoms with van der Waals surface area (Å²) < 4.78 is 1.05. The molecule has 1 aromatic heterocycles. The van der Waals surface area contributed by atoms with Gasteiger partial charge in [-0.25, -0.2) is 4.79 Å². The van der Waals surface area contributed by atoms with Crippen LogP contribution in [0.2, 0.25) is 0 Å². The molecule has 0 amide bonds. The van der Waals surface area contributed by atoms with Gasteiger partial charge in [0.2, 0.25) is 0 Å². The third-order valence-electron chi connectivity index (χ3n) is 1.97. The number of thiophene rings is 1. The Morgan fingerprint density at radius 2 is 1.88 bits per heavy atom. The lowest BCUT2D eigenvalue weighted by Crippen LogP contribution is -1.95. The first-order chi connectivity index (χ1) is 7.65. The molecule has 0 aliphatic rings. The van der Waals surface area contributed by atoms with Crippen molar-refractivity contribution in [1.82, 2.24) is 0 Å². The van der Waals surface area contributed by atoms with E-state index < -0.39 is 5.97 Å². The molecule has 3 nitrogen and oxygen atoms in total. The highest BCUT2D eigenvalue weighted by atomic mass is 79.9. The van der Waals surface area contributed by atoms with Gasteiger partial charge >= 0.3 is 5.97 Å². The van der Waals surface area contributed by atoms with Crippen LogP contribution in [0.1, 0.15) is 10.4 Å². The fourth-order valence-electron chi connectivity index (χ4n) is 1.22. The van der Waals surface area contributed by atoms with Gasteiger partial charge in [0.1, 0.15) is 0 Å². The Morgan fingerprint density at radius 1 is 1.19 bits per heavy atom. The third-order valence-corrected chi connectivity index (χ3v) is 3.51. The maximum Gasteiger partial charge on any atom is 0.335 e. The van der Waals surface area contributed by atoms with Crippen molar-refractivity contribution < 1.29 is 9.90 Å². The van der Waals surface area contributed by atoms with E-state index in [0.717, 1.165) is 14.5 Å². The summed E-state index contributed by atoms with van der Waals surface area (Å²) >= 11 is 4.96. The number of carboxylic acids is 1. The molecule has 1 heterocycles. The van der Waals surface area contributed by atoms with Gasteiger partial charge in [-0.2, -0.15) is 0 Å². The van der Waals surface area contributed by atoms with Gasteiger partial charge in [0, 0.05) is 5.69 Å². The first-order valence-electron chi connectivity index (χ1n) is 4.51. The van der Waals surface area contributed by atoms with E-state index in [9.17, 15) is 4.79 Å². The van der Waals surface area contributed by atoms with E-state index in [0.29, 0.717) is 0 Å².